The van der Waals surface area contributed by atoms with Crippen LogP contribution in [0, 0.1) is 0 Å². The molecular weight excluding hydrogens is 447 g/mol. The van der Waals surface area contributed by atoms with E-state index in [0.717, 1.165) is 10.9 Å². The van der Waals surface area contributed by atoms with Gasteiger partial charge in [-0.3, -0.25) is 5.43 Å². The molecule has 0 aliphatic carbocycles. The number of fused-ring (bicyclic) bond motifs is 1. The summed E-state index contributed by atoms with van der Waals surface area (Å²) in [6.45, 7) is 0. The first kappa shape index (κ1) is 20.4. The van der Waals surface area contributed by atoms with Gasteiger partial charge in [-0.25, -0.2) is 9.47 Å². The van der Waals surface area contributed by atoms with E-state index in [2.05, 4.69) is 5.43 Å². The van der Waals surface area contributed by atoms with Crippen LogP contribution in [0.1, 0.15) is 21.5 Å². The monoisotopic (exact) mass is 460 g/mol. The number of aromatic carboxylic acids is 1. The number of carboxylic acids is 1. The van der Waals surface area contributed by atoms with Crippen LogP contribution in [0.15, 0.2) is 60.7 Å². The molecule has 8 heteroatoms. The van der Waals surface area contributed by atoms with Gasteiger partial charge in [0.2, 0.25) is 5.88 Å². The zero-order valence-electron chi connectivity index (χ0n) is 15.4. The normalized spacial score (nSPS) is 11.0. The van der Waals surface area contributed by atoms with Crippen LogP contribution in [0.5, 0.6) is 5.88 Å². The summed E-state index contributed by atoms with van der Waals surface area (Å²) < 4.78 is 1.40. The molecule has 0 bridgehead atoms. The van der Waals surface area contributed by atoms with Gasteiger partial charge in [0.15, 0.2) is 0 Å². The topological polar surface area (TPSA) is 74.5 Å². The Morgan fingerprint density at radius 3 is 2.37 bits per heavy atom. The maximum Gasteiger partial charge on any atom is 0.337 e. The number of hydrogen-bond donors (Lipinski definition) is 3. The van der Waals surface area contributed by atoms with Crippen molar-refractivity contribution < 1.29 is 15.0 Å². The number of benzene rings is 3. The quantitative estimate of drug-likeness (QED) is 0.318. The molecule has 0 radical (unpaired) electrons. The minimum Gasteiger partial charge on any atom is -0.493 e. The van der Waals surface area contributed by atoms with E-state index in [0.29, 0.717) is 32.6 Å². The van der Waals surface area contributed by atoms with Crippen LogP contribution in [-0.4, -0.2) is 20.9 Å². The maximum absolute atomic E-state index is 11.6. The number of aromatic hydroxyl groups is 1. The van der Waals surface area contributed by atoms with Crippen LogP contribution in [0.2, 0.25) is 15.1 Å². The van der Waals surface area contributed by atoms with Gasteiger partial charge in [-0.1, -0.05) is 53.0 Å². The summed E-state index contributed by atoms with van der Waals surface area (Å²) in [4.78, 5) is 11.6. The number of aromatic nitrogens is 1. The van der Waals surface area contributed by atoms with Gasteiger partial charge in [-0.05, 0) is 48.0 Å². The molecule has 1 aromatic heterocycles. The molecule has 0 fully saturated rings. The Morgan fingerprint density at radius 2 is 1.63 bits per heavy atom. The van der Waals surface area contributed by atoms with Crippen LogP contribution >= 0.6 is 34.8 Å². The highest BCUT2D eigenvalue weighted by Gasteiger charge is 2.20. The second-order valence-corrected chi connectivity index (χ2v) is 8.02. The van der Waals surface area contributed by atoms with Crippen molar-refractivity contribution in [2.45, 2.75) is 6.42 Å². The first-order valence-corrected chi connectivity index (χ1v) is 10.0. The maximum atomic E-state index is 11.6. The van der Waals surface area contributed by atoms with E-state index in [4.69, 9.17) is 34.8 Å². The van der Waals surface area contributed by atoms with Gasteiger partial charge in [0.1, 0.15) is 0 Å². The SMILES string of the molecule is O=C(O)c1ccc(Cl)cc1Nn1c(O)c(Cc2cccc(Cl)c2)c2ccc(Cl)cc21. The number of halogens is 3. The van der Waals surface area contributed by atoms with Crippen LogP contribution in [-0.2, 0) is 6.42 Å². The van der Waals surface area contributed by atoms with Crippen molar-refractivity contribution >= 4 is 57.4 Å². The minimum atomic E-state index is -1.12. The predicted molar refractivity (Wildman–Crippen MR) is 120 cm³/mol. The molecule has 152 valence electrons. The average Bonchev–Trinajstić information content (AvgIpc) is 2.93. The summed E-state index contributed by atoms with van der Waals surface area (Å²) in [7, 11) is 0. The summed E-state index contributed by atoms with van der Waals surface area (Å²) in [5.74, 6) is -1.19. The second-order valence-electron chi connectivity index (χ2n) is 6.71. The number of carbonyl (C=O) groups is 1. The molecule has 0 amide bonds. The Morgan fingerprint density at radius 1 is 0.933 bits per heavy atom. The number of hydrogen-bond acceptors (Lipinski definition) is 3. The fourth-order valence-corrected chi connectivity index (χ4v) is 3.92. The Balaban J connectivity index is 1.87. The van der Waals surface area contributed by atoms with Crippen molar-refractivity contribution in [1.82, 2.24) is 4.68 Å². The first-order valence-electron chi connectivity index (χ1n) is 8.89. The van der Waals surface area contributed by atoms with Gasteiger partial charge in [0.05, 0.1) is 16.8 Å². The molecule has 1 heterocycles. The molecule has 5 nitrogen and oxygen atoms in total. The third-order valence-corrected chi connectivity index (χ3v) is 5.43. The van der Waals surface area contributed by atoms with Gasteiger partial charge < -0.3 is 10.2 Å². The van der Waals surface area contributed by atoms with Crippen molar-refractivity contribution in [2.24, 2.45) is 0 Å². The Labute approximate surface area is 187 Å². The van der Waals surface area contributed by atoms with E-state index < -0.39 is 5.97 Å². The van der Waals surface area contributed by atoms with Gasteiger partial charge in [0, 0.05) is 32.4 Å². The fraction of sp³-hybridized carbons (Fsp3) is 0.0455. The highest BCUT2D eigenvalue weighted by Crippen LogP contribution is 2.35. The largest absolute Gasteiger partial charge is 0.493 e. The lowest BCUT2D eigenvalue weighted by molar-refractivity contribution is 0.0698. The molecule has 30 heavy (non-hydrogen) atoms. The summed E-state index contributed by atoms with van der Waals surface area (Å²) in [6.07, 6.45) is 0.417. The number of carboxylic acid groups (broad SMARTS) is 1. The predicted octanol–water partition coefficient (Wildman–Crippen LogP) is 6.47. The lowest BCUT2D eigenvalue weighted by Crippen LogP contribution is -2.12. The molecule has 0 aliphatic rings. The van der Waals surface area contributed by atoms with E-state index in [1.165, 1.54) is 22.9 Å². The van der Waals surface area contributed by atoms with Gasteiger partial charge >= 0.3 is 5.97 Å². The summed E-state index contributed by atoms with van der Waals surface area (Å²) >= 11 is 18.3. The lowest BCUT2D eigenvalue weighted by atomic mass is 10.0. The summed E-state index contributed by atoms with van der Waals surface area (Å²) in [6, 6.07) is 17.0. The minimum absolute atomic E-state index is 0.0130. The fourth-order valence-electron chi connectivity index (χ4n) is 3.37. The Bertz CT molecular complexity index is 1280. The molecule has 4 aromatic rings. The molecular formula is C22H15Cl3N2O3. The molecule has 0 aliphatic heterocycles. The molecule has 3 N–H and O–H groups in total. The van der Waals surface area contributed by atoms with E-state index in [9.17, 15) is 15.0 Å². The molecule has 3 aromatic carbocycles. The average molecular weight is 462 g/mol. The second kappa shape index (κ2) is 8.11. The van der Waals surface area contributed by atoms with Crippen LogP contribution in [0.3, 0.4) is 0 Å². The smallest absolute Gasteiger partial charge is 0.337 e. The van der Waals surface area contributed by atoms with Gasteiger partial charge in [0.25, 0.3) is 0 Å². The summed E-state index contributed by atoms with van der Waals surface area (Å²) in [5, 5.41) is 22.7. The van der Waals surface area contributed by atoms with Crippen molar-refractivity contribution in [2.75, 3.05) is 5.43 Å². The van der Waals surface area contributed by atoms with E-state index in [1.54, 1.807) is 18.2 Å². The first-order chi connectivity index (χ1) is 14.3. The third kappa shape index (κ3) is 3.92. The van der Waals surface area contributed by atoms with Gasteiger partial charge in [-0.15, -0.1) is 0 Å². The zero-order valence-corrected chi connectivity index (χ0v) is 17.6. The molecule has 4 rings (SSSR count). The third-order valence-electron chi connectivity index (χ3n) is 4.72. The Hall–Kier alpha value is -2.86. The number of anilines is 1. The molecule has 0 saturated heterocycles. The van der Waals surface area contributed by atoms with E-state index in [1.807, 2.05) is 24.3 Å². The highest BCUT2D eigenvalue weighted by atomic mass is 35.5. The molecule has 0 saturated carbocycles. The molecule has 0 atom stereocenters. The van der Waals surface area contributed by atoms with Crippen molar-refractivity contribution in [3.05, 3.63) is 92.4 Å². The van der Waals surface area contributed by atoms with Crippen LogP contribution < -0.4 is 5.43 Å². The molecule has 0 spiro atoms. The lowest BCUT2D eigenvalue weighted by Gasteiger charge is -2.13. The summed E-state index contributed by atoms with van der Waals surface area (Å²) in [5.41, 5.74) is 5.37. The standard InChI is InChI=1S/C22H15Cl3N2O3/c23-13-3-1-2-12(8-13)9-18-16-6-4-15(25)11-20(16)27(21(18)28)26-19-10-14(24)5-7-17(19)22(29)30/h1-8,10-11,26,28H,9H2,(H,29,30). The number of nitrogens with one attached hydrogen (secondary N) is 1. The van der Waals surface area contributed by atoms with Crippen molar-refractivity contribution in [3.8, 4) is 5.88 Å². The highest BCUT2D eigenvalue weighted by molar-refractivity contribution is 6.31. The molecule has 0 unspecified atom stereocenters. The Kier molecular flexibility index (Phi) is 5.52. The zero-order chi connectivity index (χ0) is 21.4. The van der Waals surface area contributed by atoms with Crippen LogP contribution in [0.4, 0.5) is 5.69 Å². The van der Waals surface area contributed by atoms with E-state index >= 15 is 0 Å². The van der Waals surface area contributed by atoms with Crippen molar-refractivity contribution in [3.63, 3.8) is 0 Å². The van der Waals surface area contributed by atoms with E-state index in [-0.39, 0.29) is 17.1 Å². The van der Waals surface area contributed by atoms with Crippen molar-refractivity contribution in [1.29, 1.82) is 0 Å². The number of nitrogens with zero attached hydrogens (tertiary/aromatic N) is 1. The van der Waals surface area contributed by atoms with Gasteiger partial charge in [-0.2, -0.15) is 0 Å². The van der Waals surface area contributed by atoms with Crippen LogP contribution in [0.25, 0.3) is 10.9 Å². The number of rotatable bonds is 5.